The number of alkyl halides is 1. The fourth-order valence-corrected chi connectivity index (χ4v) is 4.50. The molecule has 0 saturated carbocycles. The molecule has 0 unspecified atom stereocenters. The van der Waals surface area contributed by atoms with Crippen molar-refractivity contribution in [3.63, 3.8) is 0 Å². The number of alkyl carbamates (subject to hydrolysis) is 2. The van der Waals surface area contributed by atoms with Crippen LogP contribution in [0.15, 0.2) is 0 Å². The second kappa shape index (κ2) is 21.3. The van der Waals surface area contributed by atoms with E-state index >= 15 is 0 Å². The maximum atomic E-state index is 11.5. The molecule has 0 aliphatic carbocycles. The number of rotatable bonds is 10. The molecule has 6 N–H and O–H groups in total. The molecule has 0 rings (SSSR count). The standard InChI is InChI=1S/C11H22N2O3.C10H19NO4.C7H16IN2O/c1-7(2)8(9(14)12-6)13-10(15)16-11(3,4)5;1-6(2)7(8(12)13)11-9(14)15-10(3,4)5;1-5(2)6(10-8-3)7(11)9-4/h7-8H,1-6H3,(H,12,14)(H,13,15);6-7H,1-5H3,(H,11,14)(H,12,13);5-6,10H,1-4H3,(H,9,11)/q;;-1/t8-;7-;6-/m111/s1. The molecule has 14 heteroatoms. The van der Waals surface area contributed by atoms with Crippen LogP contribution >= 0.6 is 0 Å². The number of nitrogens with one attached hydrogen (secondary N) is 5. The van der Waals surface area contributed by atoms with Gasteiger partial charge in [-0.05, 0) is 53.4 Å². The molecule has 0 spiro atoms. The van der Waals surface area contributed by atoms with Gasteiger partial charge in [-0.1, -0.05) is 27.7 Å². The predicted octanol–water partition coefficient (Wildman–Crippen LogP) is -0.118. The Morgan fingerprint density at radius 3 is 1.17 bits per heavy atom. The van der Waals surface area contributed by atoms with Gasteiger partial charge < -0.3 is 30.5 Å². The number of ether oxygens (including phenoxy) is 2. The number of carboxylic acids is 1. The van der Waals surface area contributed by atoms with Crippen LogP contribution in [-0.2, 0) is 23.9 Å². The van der Waals surface area contributed by atoms with Gasteiger partial charge in [0.05, 0.1) is 0 Å². The van der Waals surface area contributed by atoms with Crippen LogP contribution in [0.2, 0.25) is 0 Å². The van der Waals surface area contributed by atoms with Crippen molar-refractivity contribution in [3.8, 4) is 0 Å². The Morgan fingerprint density at radius 1 is 0.619 bits per heavy atom. The zero-order valence-electron chi connectivity index (χ0n) is 28.1. The van der Waals surface area contributed by atoms with Crippen LogP contribution < -0.4 is 46.3 Å². The van der Waals surface area contributed by atoms with E-state index in [1.165, 1.54) is 7.05 Å². The van der Waals surface area contributed by atoms with E-state index in [-0.39, 0.29) is 51.2 Å². The van der Waals surface area contributed by atoms with Crippen molar-refractivity contribution in [3.05, 3.63) is 0 Å². The Kier molecular flexibility index (Phi) is 22.4. The number of carbonyl (C=O) groups is 5. The summed E-state index contributed by atoms with van der Waals surface area (Å²) < 4.78 is 13.3. The van der Waals surface area contributed by atoms with Crippen molar-refractivity contribution in [1.29, 1.82) is 0 Å². The summed E-state index contributed by atoms with van der Waals surface area (Å²) in [6, 6.07) is -1.49. The number of aliphatic carboxylic acids is 1. The van der Waals surface area contributed by atoms with Crippen LogP contribution in [0.5, 0.6) is 0 Å². The summed E-state index contributed by atoms with van der Waals surface area (Å²) in [6.07, 6.45) is -1.28. The summed E-state index contributed by atoms with van der Waals surface area (Å²) in [5, 5.41) is 18.8. The van der Waals surface area contributed by atoms with Crippen molar-refractivity contribution >= 4 is 30.0 Å². The number of carboxylic acid groups (broad SMARTS) is 1. The van der Waals surface area contributed by atoms with Gasteiger partial charge in [0.2, 0.25) is 5.91 Å². The molecule has 0 radical (unpaired) electrons. The molecular formula is C28H57IN5O8-. The van der Waals surface area contributed by atoms with Crippen LogP contribution in [0.3, 0.4) is 0 Å². The summed E-state index contributed by atoms with van der Waals surface area (Å²) in [4.78, 5) is 58.3. The van der Waals surface area contributed by atoms with E-state index in [4.69, 9.17) is 14.6 Å². The van der Waals surface area contributed by atoms with Crippen LogP contribution in [-0.4, -0.2) is 83.4 Å². The van der Waals surface area contributed by atoms with Crippen LogP contribution in [0.25, 0.3) is 0 Å². The van der Waals surface area contributed by atoms with Crippen molar-refractivity contribution in [2.24, 2.45) is 17.8 Å². The average molecular weight is 719 g/mol. The van der Waals surface area contributed by atoms with E-state index in [0.717, 1.165) is 0 Å². The van der Waals surface area contributed by atoms with E-state index in [0.29, 0.717) is 5.92 Å². The van der Waals surface area contributed by atoms with E-state index < -0.39 is 41.4 Å². The Bertz CT molecular complexity index is 839. The number of hydrogen-bond donors (Lipinski definition) is 6. The molecule has 0 aromatic rings. The van der Waals surface area contributed by atoms with Gasteiger partial charge in [-0.25, -0.2) is 14.4 Å². The molecule has 0 aliphatic heterocycles. The molecule has 0 fully saturated rings. The fraction of sp³-hybridized carbons (Fsp3) is 0.821. The van der Waals surface area contributed by atoms with Crippen molar-refractivity contribution in [2.75, 3.05) is 19.0 Å². The van der Waals surface area contributed by atoms with Crippen LogP contribution in [0, 0.1) is 17.8 Å². The normalized spacial score (nSPS) is 13.4. The second-order valence-electron chi connectivity index (χ2n) is 12.3. The van der Waals surface area contributed by atoms with E-state index in [2.05, 4.69) is 29.7 Å². The Balaban J connectivity index is -0.000000553. The molecule has 0 saturated heterocycles. The minimum absolute atomic E-state index is 0.00204. The number of carbonyl (C=O) groups excluding carboxylic acids is 4. The van der Waals surface area contributed by atoms with Crippen molar-refractivity contribution < 1.29 is 60.0 Å². The molecule has 0 aromatic heterocycles. The molecule has 0 aromatic carbocycles. The topological polar surface area (TPSA) is 184 Å². The first kappa shape index (κ1) is 44.1. The number of likely N-dealkylation sites (N-methyl/N-ethyl adjacent to an activating group) is 2. The first-order valence-corrected chi connectivity index (χ1v) is 17.1. The third-order valence-corrected chi connectivity index (χ3v) is 6.19. The third kappa shape index (κ3) is 23.2. The van der Waals surface area contributed by atoms with Gasteiger partial charge in [0.25, 0.3) is 0 Å². The Morgan fingerprint density at radius 2 is 0.929 bits per heavy atom. The van der Waals surface area contributed by atoms with Gasteiger partial charge in [0.15, 0.2) is 0 Å². The first-order chi connectivity index (χ1) is 18.9. The van der Waals surface area contributed by atoms with Gasteiger partial charge in [-0.3, -0.25) is 4.79 Å². The Hall–Kier alpha value is -2.36. The van der Waals surface area contributed by atoms with Crippen LogP contribution in [0.1, 0.15) is 83.1 Å². The van der Waals surface area contributed by atoms with Gasteiger partial charge in [0.1, 0.15) is 23.3 Å². The van der Waals surface area contributed by atoms with Crippen molar-refractivity contribution in [1.82, 2.24) is 24.8 Å². The molecular weight excluding hydrogens is 661 g/mol. The molecule has 0 aliphatic rings. The van der Waals surface area contributed by atoms with Gasteiger partial charge in [-0.2, -0.15) is 0 Å². The molecule has 3 atom stereocenters. The predicted molar refractivity (Wildman–Crippen MR) is 159 cm³/mol. The number of hydrogen-bond acceptors (Lipinski definition) is 8. The summed E-state index contributed by atoms with van der Waals surface area (Å²) in [7, 11) is 3.21. The second-order valence-corrected chi connectivity index (χ2v) is 14.0. The third-order valence-electron chi connectivity index (χ3n) is 4.89. The molecule has 0 heterocycles. The zero-order valence-corrected chi connectivity index (χ0v) is 30.3. The molecule has 4 amide bonds. The maximum absolute atomic E-state index is 11.5. The summed E-state index contributed by atoms with van der Waals surface area (Å²) in [5.41, 5.74) is -1.18. The van der Waals surface area contributed by atoms with E-state index in [1.807, 2.05) is 27.7 Å². The number of halogens is 1. The molecule has 0 bridgehead atoms. The van der Waals surface area contributed by atoms with Gasteiger partial charge in [-0.15, -0.1) is 0 Å². The van der Waals surface area contributed by atoms with Gasteiger partial charge >= 0.3 is 97.0 Å². The fourth-order valence-electron chi connectivity index (χ4n) is 2.82. The minimum atomic E-state index is -1.06. The van der Waals surface area contributed by atoms with Crippen LogP contribution in [0.4, 0.5) is 9.59 Å². The van der Waals surface area contributed by atoms with E-state index in [9.17, 15) is 24.0 Å². The molecule has 13 nitrogen and oxygen atoms in total. The van der Waals surface area contributed by atoms with Crippen molar-refractivity contribution in [2.45, 2.75) is 112 Å². The first-order valence-electron chi connectivity index (χ1n) is 13.8. The average Bonchev–Trinajstić information content (AvgIpc) is 2.81. The molecule has 250 valence electrons. The summed E-state index contributed by atoms with van der Waals surface area (Å²) in [5.74, 6) is -0.990. The monoisotopic (exact) mass is 718 g/mol. The van der Waals surface area contributed by atoms with Gasteiger partial charge in [0, 0.05) is 7.05 Å². The van der Waals surface area contributed by atoms with E-state index in [1.54, 1.807) is 62.4 Å². The number of amides is 4. The quantitative estimate of drug-likeness (QED) is 0.102. The zero-order chi connectivity index (χ0) is 34.0. The Labute approximate surface area is 263 Å². The summed E-state index contributed by atoms with van der Waals surface area (Å²) >= 11 is -0.0169. The SMILES string of the molecule is CC(C)[C@@H](NC(=O)OC(C)(C)C)C(=O)O.CNC(=O)[C@H](NC(=O)OC(C)(C)C)C(C)C.CNC(=O)[C@H](N[I-]C)C(C)C. The molecule has 42 heavy (non-hydrogen) atoms. The summed E-state index contributed by atoms with van der Waals surface area (Å²) in [6.45, 7) is 21.7.